The van der Waals surface area contributed by atoms with E-state index < -0.39 is 0 Å². The zero-order valence-electron chi connectivity index (χ0n) is 11.0. The summed E-state index contributed by atoms with van der Waals surface area (Å²) in [5.41, 5.74) is 1.27. The van der Waals surface area contributed by atoms with E-state index in [1.54, 1.807) is 0 Å². The van der Waals surface area contributed by atoms with Gasteiger partial charge in [0.1, 0.15) is 0 Å². The molecule has 100 valence electrons. The van der Waals surface area contributed by atoms with Gasteiger partial charge >= 0.3 is 0 Å². The van der Waals surface area contributed by atoms with E-state index in [2.05, 4.69) is 25.2 Å². The largest absolute Gasteiger partial charge is 0.316 e. The molecular formula is C15H21Cl2N. The quantitative estimate of drug-likeness (QED) is 0.846. The van der Waals surface area contributed by atoms with Crippen LogP contribution in [0.1, 0.15) is 38.2 Å². The minimum absolute atomic E-state index is 0.568. The maximum atomic E-state index is 6.36. The van der Waals surface area contributed by atoms with Crippen LogP contribution in [0.5, 0.6) is 0 Å². The minimum atomic E-state index is 0.568. The van der Waals surface area contributed by atoms with Crippen LogP contribution in [-0.4, -0.2) is 13.1 Å². The van der Waals surface area contributed by atoms with E-state index in [0.29, 0.717) is 11.8 Å². The zero-order valence-corrected chi connectivity index (χ0v) is 12.6. The van der Waals surface area contributed by atoms with E-state index in [0.717, 1.165) is 29.1 Å². The minimum Gasteiger partial charge on any atom is -0.316 e. The van der Waals surface area contributed by atoms with Gasteiger partial charge in [-0.25, -0.2) is 0 Å². The van der Waals surface area contributed by atoms with E-state index in [1.165, 1.54) is 18.4 Å². The molecule has 2 rings (SSSR count). The standard InChI is InChI=1S/C15H21Cl2N/c1-10(2)7-11-9-18-6-5-13(11)14-4-3-12(16)8-15(14)17/h3-4,8,10-11,13,18H,5-7,9H2,1-2H3. The lowest BCUT2D eigenvalue weighted by Crippen LogP contribution is -2.36. The summed E-state index contributed by atoms with van der Waals surface area (Å²) in [6, 6.07) is 5.93. The molecule has 0 saturated carbocycles. The van der Waals surface area contributed by atoms with Gasteiger partial charge in [0.2, 0.25) is 0 Å². The Morgan fingerprint density at radius 1 is 1.33 bits per heavy atom. The Balaban J connectivity index is 2.22. The average Bonchev–Trinajstić information content (AvgIpc) is 2.30. The zero-order chi connectivity index (χ0) is 13.1. The van der Waals surface area contributed by atoms with Gasteiger partial charge in [-0.2, -0.15) is 0 Å². The molecule has 0 spiro atoms. The molecule has 2 unspecified atom stereocenters. The van der Waals surface area contributed by atoms with Crippen LogP contribution in [0.3, 0.4) is 0 Å². The van der Waals surface area contributed by atoms with E-state index in [1.807, 2.05) is 12.1 Å². The summed E-state index contributed by atoms with van der Waals surface area (Å²) in [4.78, 5) is 0. The average molecular weight is 286 g/mol. The van der Waals surface area contributed by atoms with Crippen molar-refractivity contribution < 1.29 is 0 Å². The first kappa shape index (κ1) is 14.2. The van der Waals surface area contributed by atoms with Crippen molar-refractivity contribution in [2.24, 2.45) is 11.8 Å². The van der Waals surface area contributed by atoms with Crippen molar-refractivity contribution in [2.75, 3.05) is 13.1 Å². The van der Waals surface area contributed by atoms with Crippen LogP contribution < -0.4 is 5.32 Å². The highest BCUT2D eigenvalue weighted by atomic mass is 35.5. The van der Waals surface area contributed by atoms with Crippen molar-refractivity contribution in [1.29, 1.82) is 0 Å². The summed E-state index contributed by atoms with van der Waals surface area (Å²) in [6.45, 7) is 6.75. The lowest BCUT2D eigenvalue weighted by atomic mass is 9.77. The van der Waals surface area contributed by atoms with Crippen LogP contribution >= 0.6 is 23.2 Å². The van der Waals surface area contributed by atoms with Crippen molar-refractivity contribution in [3.8, 4) is 0 Å². The van der Waals surface area contributed by atoms with Gasteiger partial charge in [0.15, 0.2) is 0 Å². The first-order chi connectivity index (χ1) is 8.58. The lowest BCUT2D eigenvalue weighted by Gasteiger charge is -2.34. The summed E-state index contributed by atoms with van der Waals surface area (Å²) < 4.78 is 0. The predicted molar refractivity (Wildman–Crippen MR) is 79.6 cm³/mol. The molecule has 3 heteroatoms. The van der Waals surface area contributed by atoms with E-state index in [-0.39, 0.29) is 0 Å². The highest BCUT2D eigenvalue weighted by molar-refractivity contribution is 6.35. The second-order valence-corrected chi connectivity index (χ2v) is 6.50. The lowest BCUT2D eigenvalue weighted by molar-refractivity contribution is 0.280. The Hall–Kier alpha value is -0.240. The van der Waals surface area contributed by atoms with Gasteiger partial charge in [-0.05, 0) is 61.4 Å². The van der Waals surface area contributed by atoms with Gasteiger partial charge in [-0.3, -0.25) is 0 Å². The molecule has 1 heterocycles. The van der Waals surface area contributed by atoms with Crippen molar-refractivity contribution in [2.45, 2.75) is 32.6 Å². The molecule has 1 nitrogen and oxygen atoms in total. The normalized spacial score (nSPS) is 24.5. The van der Waals surface area contributed by atoms with Crippen LogP contribution in [0.15, 0.2) is 18.2 Å². The number of rotatable bonds is 3. The van der Waals surface area contributed by atoms with Crippen LogP contribution in [0.25, 0.3) is 0 Å². The Morgan fingerprint density at radius 2 is 2.11 bits per heavy atom. The number of hydrogen-bond donors (Lipinski definition) is 1. The van der Waals surface area contributed by atoms with Crippen molar-refractivity contribution >= 4 is 23.2 Å². The molecule has 0 radical (unpaired) electrons. The molecule has 0 aromatic heterocycles. The van der Waals surface area contributed by atoms with E-state index in [4.69, 9.17) is 23.2 Å². The first-order valence-corrected chi connectivity index (χ1v) is 7.49. The molecule has 1 fully saturated rings. The number of hydrogen-bond acceptors (Lipinski definition) is 1. The van der Waals surface area contributed by atoms with Gasteiger partial charge in [-0.15, -0.1) is 0 Å². The monoisotopic (exact) mass is 285 g/mol. The third-order valence-electron chi connectivity index (χ3n) is 3.74. The van der Waals surface area contributed by atoms with E-state index in [9.17, 15) is 0 Å². The molecule has 1 aliphatic heterocycles. The maximum Gasteiger partial charge on any atom is 0.0455 e. The molecule has 1 saturated heterocycles. The molecule has 1 N–H and O–H groups in total. The fourth-order valence-corrected chi connectivity index (χ4v) is 3.54. The molecule has 0 bridgehead atoms. The van der Waals surface area contributed by atoms with Gasteiger partial charge < -0.3 is 5.32 Å². The van der Waals surface area contributed by atoms with Crippen LogP contribution in [-0.2, 0) is 0 Å². The third kappa shape index (κ3) is 3.40. The topological polar surface area (TPSA) is 12.0 Å². The van der Waals surface area contributed by atoms with Crippen LogP contribution in [0, 0.1) is 11.8 Å². The van der Waals surface area contributed by atoms with Crippen molar-refractivity contribution in [1.82, 2.24) is 5.32 Å². The smallest absolute Gasteiger partial charge is 0.0455 e. The maximum absolute atomic E-state index is 6.36. The fraction of sp³-hybridized carbons (Fsp3) is 0.600. The molecular weight excluding hydrogens is 265 g/mol. The van der Waals surface area contributed by atoms with Gasteiger partial charge in [-0.1, -0.05) is 43.1 Å². The summed E-state index contributed by atoms with van der Waals surface area (Å²) >= 11 is 12.3. The van der Waals surface area contributed by atoms with Gasteiger partial charge in [0, 0.05) is 10.0 Å². The molecule has 1 aromatic rings. The molecule has 1 aliphatic rings. The molecule has 2 atom stereocenters. The number of benzene rings is 1. The summed E-state index contributed by atoms with van der Waals surface area (Å²) in [5.74, 6) is 1.97. The van der Waals surface area contributed by atoms with Crippen molar-refractivity contribution in [3.63, 3.8) is 0 Å². The van der Waals surface area contributed by atoms with Crippen LogP contribution in [0.2, 0.25) is 10.0 Å². The van der Waals surface area contributed by atoms with Crippen LogP contribution in [0.4, 0.5) is 0 Å². The van der Waals surface area contributed by atoms with Crippen molar-refractivity contribution in [3.05, 3.63) is 33.8 Å². The summed E-state index contributed by atoms with van der Waals surface area (Å²) in [5, 5.41) is 5.04. The second-order valence-electron chi connectivity index (χ2n) is 5.65. The Morgan fingerprint density at radius 3 is 2.78 bits per heavy atom. The second kappa shape index (κ2) is 6.27. The number of piperidine rings is 1. The van der Waals surface area contributed by atoms with Gasteiger partial charge in [0.25, 0.3) is 0 Å². The summed E-state index contributed by atoms with van der Waals surface area (Å²) in [6.07, 6.45) is 2.41. The fourth-order valence-electron chi connectivity index (χ4n) is 2.99. The first-order valence-electron chi connectivity index (χ1n) is 6.73. The molecule has 1 aromatic carbocycles. The molecule has 0 aliphatic carbocycles. The Labute approximate surface area is 120 Å². The molecule has 18 heavy (non-hydrogen) atoms. The highest BCUT2D eigenvalue weighted by Crippen LogP contribution is 2.38. The Bertz CT molecular complexity index is 403. The Kier molecular flexibility index (Phi) is 4.94. The number of nitrogens with one attached hydrogen (secondary N) is 1. The molecule has 0 amide bonds. The van der Waals surface area contributed by atoms with Gasteiger partial charge in [0.05, 0.1) is 0 Å². The predicted octanol–water partition coefficient (Wildman–Crippen LogP) is 4.73. The van der Waals surface area contributed by atoms with E-state index >= 15 is 0 Å². The third-order valence-corrected chi connectivity index (χ3v) is 4.31. The number of halogens is 2. The summed E-state index contributed by atoms with van der Waals surface area (Å²) in [7, 11) is 0. The highest BCUT2D eigenvalue weighted by Gasteiger charge is 2.28. The SMILES string of the molecule is CC(C)CC1CNCCC1c1ccc(Cl)cc1Cl.